The summed E-state index contributed by atoms with van der Waals surface area (Å²) >= 11 is 0. The molecule has 0 saturated heterocycles. The molecule has 0 aromatic rings. The lowest BCUT2D eigenvalue weighted by Crippen LogP contribution is -2.49. The summed E-state index contributed by atoms with van der Waals surface area (Å²) in [6, 6.07) is 2.21. The van der Waals surface area contributed by atoms with Gasteiger partial charge >= 0.3 is 0 Å². The molecular weight excluding hydrogens is 248 g/mol. The molecule has 0 aromatic carbocycles. The van der Waals surface area contributed by atoms with Crippen molar-refractivity contribution in [2.24, 2.45) is 5.41 Å². The van der Waals surface area contributed by atoms with Crippen molar-refractivity contribution < 1.29 is 8.42 Å². The molecule has 5 heteroatoms. The molecule has 1 fully saturated rings. The van der Waals surface area contributed by atoms with Crippen molar-refractivity contribution in [3.8, 4) is 6.07 Å². The molecule has 0 bridgehead atoms. The Bertz CT molecular complexity index is 407. The molecule has 0 aliphatic heterocycles. The number of nitrogens with zero attached hydrogens (tertiary/aromatic N) is 1. The van der Waals surface area contributed by atoms with Crippen LogP contribution < -0.4 is 4.72 Å². The molecule has 0 radical (unpaired) electrons. The lowest BCUT2D eigenvalue weighted by Gasteiger charge is -2.28. The van der Waals surface area contributed by atoms with E-state index in [1.807, 2.05) is 20.8 Å². The summed E-state index contributed by atoms with van der Waals surface area (Å²) in [5.41, 5.74) is -1.17. The van der Waals surface area contributed by atoms with Crippen molar-refractivity contribution in [2.75, 3.05) is 5.75 Å². The molecule has 1 aliphatic rings. The van der Waals surface area contributed by atoms with E-state index in [-0.39, 0.29) is 11.2 Å². The summed E-state index contributed by atoms with van der Waals surface area (Å²) in [5, 5.41) is 9.35. The highest BCUT2D eigenvalue weighted by molar-refractivity contribution is 7.89. The van der Waals surface area contributed by atoms with E-state index < -0.39 is 15.6 Å². The number of nitriles is 1. The van der Waals surface area contributed by atoms with E-state index in [2.05, 4.69) is 10.8 Å². The van der Waals surface area contributed by atoms with Crippen molar-refractivity contribution in [1.29, 1.82) is 5.26 Å². The third-order valence-corrected chi connectivity index (χ3v) is 5.09. The van der Waals surface area contributed by atoms with Crippen LogP contribution in [0.4, 0.5) is 0 Å². The molecule has 18 heavy (non-hydrogen) atoms. The molecule has 0 atom stereocenters. The van der Waals surface area contributed by atoms with Gasteiger partial charge in [-0.25, -0.2) is 8.42 Å². The second-order valence-corrected chi connectivity index (χ2v) is 8.25. The number of rotatable bonds is 3. The predicted molar refractivity (Wildman–Crippen MR) is 72.4 cm³/mol. The van der Waals surface area contributed by atoms with Crippen LogP contribution in [0.2, 0.25) is 0 Å². The van der Waals surface area contributed by atoms with Gasteiger partial charge in [0.25, 0.3) is 0 Å². The highest BCUT2D eigenvalue weighted by Crippen LogP contribution is 2.28. The van der Waals surface area contributed by atoms with Crippen molar-refractivity contribution in [1.82, 2.24) is 4.72 Å². The van der Waals surface area contributed by atoms with Crippen LogP contribution in [-0.4, -0.2) is 19.7 Å². The van der Waals surface area contributed by atoms with Gasteiger partial charge in [0.05, 0.1) is 11.8 Å². The van der Waals surface area contributed by atoms with E-state index in [1.54, 1.807) is 0 Å². The van der Waals surface area contributed by atoms with Crippen molar-refractivity contribution in [2.45, 2.75) is 64.8 Å². The second-order valence-electron chi connectivity index (χ2n) is 6.53. The number of nitrogens with one attached hydrogen (secondary N) is 1. The van der Waals surface area contributed by atoms with Gasteiger partial charge in [-0.2, -0.15) is 9.98 Å². The first kappa shape index (κ1) is 15.5. The SMILES string of the molecule is CC(C)(C)CS(=O)(=O)NC1(C#N)CCCCCC1. The zero-order valence-corrected chi connectivity index (χ0v) is 12.4. The van der Waals surface area contributed by atoms with E-state index in [0.29, 0.717) is 12.8 Å². The quantitative estimate of drug-likeness (QED) is 0.803. The third-order valence-electron chi connectivity index (χ3n) is 3.15. The maximum absolute atomic E-state index is 12.1. The zero-order chi connectivity index (χ0) is 13.9. The molecule has 1 rings (SSSR count). The van der Waals surface area contributed by atoms with Crippen LogP contribution in [0.15, 0.2) is 0 Å². The van der Waals surface area contributed by atoms with Gasteiger partial charge in [-0.1, -0.05) is 46.5 Å². The molecular formula is C13H24N2O2S. The topological polar surface area (TPSA) is 70.0 Å². The number of hydrogen-bond acceptors (Lipinski definition) is 3. The minimum atomic E-state index is -3.40. The van der Waals surface area contributed by atoms with E-state index in [0.717, 1.165) is 25.7 Å². The molecule has 4 nitrogen and oxygen atoms in total. The van der Waals surface area contributed by atoms with Crippen LogP contribution in [0.5, 0.6) is 0 Å². The summed E-state index contributed by atoms with van der Waals surface area (Å²) in [6.45, 7) is 5.66. The van der Waals surface area contributed by atoms with Gasteiger partial charge < -0.3 is 0 Å². The molecule has 104 valence electrons. The van der Waals surface area contributed by atoms with Gasteiger partial charge in [-0.15, -0.1) is 0 Å². The fourth-order valence-electron chi connectivity index (χ4n) is 2.47. The zero-order valence-electron chi connectivity index (χ0n) is 11.6. The summed E-state index contributed by atoms with van der Waals surface area (Å²) in [6.07, 6.45) is 5.28. The lowest BCUT2D eigenvalue weighted by molar-refractivity contribution is 0.408. The summed E-state index contributed by atoms with van der Waals surface area (Å²) in [5.74, 6) is 0.0590. The summed E-state index contributed by atoms with van der Waals surface area (Å²) in [4.78, 5) is 0. The molecule has 0 spiro atoms. The first-order valence-electron chi connectivity index (χ1n) is 6.61. The Morgan fingerprint density at radius 3 is 2.06 bits per heavy atom. The van der Waals surface area contributed by atoms with E-state index in [9.17, 15) is 13.7 Å². The maximum atomic E-state index is 12.1. The van der Waals surface area contributed by atoms with Crippen LogP contribution in [0.1, 0.15) is 59.3 Å². The molecule has 1 saturated carbocycles. The largest absolute Gasteiger partial charge is 0.213 e. The van der Waals surface area contributed by atoms with Gasteiger partial charge in [0, 0.05) is 0 Å². The minimum absolute atomic E-state index is 0.0590. The Morgan fingerprint density at radius 1 is 1.17 bits per heavy atom. The first-order valence-corrected chi connectivity index (χ1v) is 8.26. The second kappa shape index (κ2) is 5.58. The first-order chi connectivity index (χ1) is 8.18. The fourth-order valence-corrected chi connectivity index (χ4v) is 4.53. The highest BCUT2D eigenvalue weighted by Gasteiger charge is 2.36. The summed E-state index contributed by atoms with van der Waals surface area (Å²) < 4.78 is 26.9. The Hall–Kier alpha value is -0.600. The van der Waals surface area contributed by atoms with Gasteiger partial charge in [0.2, 0.25) is 10.0 Å². The monoisotopic (exact) mass is 272 g/mol. The Kier molecular flexibility index (Phi) is 4.79. The lowest BCUT2D eigenvalue weighted by atomic mass is 9.94. The van der Waals surface area contributed by atoms with Crippen molar-refractivity contribution in [3.63, 3.8) is 0 Å². The van der Waals surface area contributed by atoms with Crippen molar-refractivity contribution in [3.05, 3.63) is 0 Å². The molecule has 0 heterocycles. The maximum Gasteiger partial charge on any atom is 0.213 e. The number of sulfonamides is 1. The van der Waals surface area contributed by atoms with Crippen LogP contribution in [-0.2, 0) is 10.0 Å². The Balaban J connectivity index is 2.82. The molecule has 0 unspecified atom stereocenters. The summed E-state index contributed by atoms with van der Waals surface area (Å²) in [7, 11) is -3.40. The van der Waals surface area contributed by atoms with E-state index in [1.165, 1.54) is 0 Å². The fraction of sp³-hybridized carbons (Fsp3) is 0.923. The van der Waals surface area contributed by atoms with Crippen LogP contribution in [0.25, 0.3) is 0 Å². The van der Waals surface area contributed by atoms with Gasteiger partial charge in [0.1, 0.15) is 5.54 Å². The van der Waals surface area contributed by atoms with Crippen molar-refractivity contribution >= 4 is 10.0 Å². The Morgan fingerprint density at radius 2 is 1.67 bits per heavy atom. The standard InChI is InChI=1S/C13H24N2O2S/c1-12(2,3)11-18(16,17)15-13(10-14)8-6-4-5-7-9-13/h15H,4-9,11H2,1-3H3. The molecule has 0 aromatic heterocycles. The van der Waals surface area contributed by atoms with Gasteiger partial charge in [0.15, 0.2) is 0 Å². The minimum Gasteiger partial charge on any atom is -0.212 e. The predicted octanol–water partition coefficient (Wildman–Crippen LogP) is 2.57. The Labute approximate surface area is 111 Å². The van der Waals surface area contributed by atoms with Gasteiger partial charge in [-0.05, 0) is 18.3 Å². The van der Waals surface area contributed by atoms with Gasteiger partial charge in [-0.3, -0.25) is 0 Å². The van der Waals surface area contributed by atoms with E-state index in [4.69, 9.17) is 0 Å². The third kappa shape index (κ3) is 4.95. The van der Waals surface area contributed by atoms with E-state index >= 15 is 0 Å². The number of hydrogen-bond donors (Lipinski definition) is 1. The average Bonchev–Trinajstić information content (AvgIpc) is 2.39. The smallest absolute Gasteiger partial charge is 0.212 e. The van der Waals surface area contributed by atoms with Crippen LogP contribution >= 0.6 is 0 Å². The van der Waals surface area contributed by atoms with Crippen LogP contribution in [0, 0.1) is 16.7 Å². The average molecular weight is 272 g/mol. The molecule has 1 N–H and O–H groups in total. The molecule has 0 amide bonds. The highest BCUT2D eigenvalue weighted by atomic mass is 32.2. The molecule has 1 aliphatic carbocycles. The normalized spacial score (nSPS) is 21.0. The van der Waals surface area contributed by atoms with Crippen LogP contribution in [0.3, 0.4) is 0 Å².